The first-order chi connectivity index (χ1) is 13.7. The van der Waals surface area contributed by atoms with Crippen LogP contribution < -0.4 is 10.9 Å². The lowest BCUT2D eigenvalue weighted by Crippen LogP contribution is -2.45. The van der Waals surface area contributed by atoms with E-state index in [2.05, 4.69) is 15.8 Å². The third-order valence-corrected chi connectivity index (χ3v) is 6.06. The number of benzene rings is 1. The van der Waals surface area contributed by atoms with Crippen LogP contribution in [0.25, 0.3) is 0 Å². The van der Waals surface area contributed by atoms with Crippen LogP contribution in [0.2, 0.25) is 0 Å². The molecule has 1 aromatic carbocycles. The molecule has 0 bridgehead atoms. The van der Waals surface area contributed by atoms with E-state index in [-0.39, 0.29) is 23.7 Å². The van der Waals surface area contributed by atoms with Crippen molar-refractivity contribution in [1.29, 1.82) is 0 Å². The Kier molecular flexibility index (Phi) is 5.69. The van der Waals surface area contributed by atoms with Gasteiger partial charge in [-0.15, -0.1) is 0 Å². The Morgan fingerprint density at radius 2 is 2.07 bits per heavy atom. The van der Waals surface area contributed by atoms with Crippen LogP contribution in [0.4, 0.5) is 4.39 Å². The van der Waals surface area contributed by atoms with Crippen molar-refractivity contribution in [3.05, 3.63) is 65.2 Å². The van der Waals surface area contributed by atoms with Gasteiger partial charge in [0.05, 0.1) is 0 Å². The Bertz CT molecular complexity index is 835. The van der Waals surface area contributed by atoms with E-state index in [1.54, 1.807) is 24.4 Å². The van der Waals surface area contributed by atoms with Crippen LogP contribution in [0.5, 0.6) is 0 Å². The van der Waals surface area contributed by atoms with Crippen molar-refractivity contribution in [3.63, 3.8) is 0 Å². The Labute approximate surface area is 165 Å². The number of carbonyl (C=O) groups is 1. The third-order valence-electron chi connectivity index (χ3n) is 6.06. The Hall–Kier alpha value is -2.31. The highest BCUT2D eigenvalue weighted by atomic mass is 19.1. The lowest BCUT2D eigenvalue weighted by atomic mass is 9.80. The number of hydrazine groups is 1. The van der Waals surface area contributed by atoms with Crippen LogP contribution in [0.3, 0.4) is 0 Å². The lowest BCUT2D eigenvalue weighted by Gasteiger charge is -2.36. The van der Waals surface area contributed by atoms with E-state index in [1.165, 1.54) is 6.07 Å². The molecule has 6 heteroatoms. The number of aromatic nitrogens is 1. The predicted molar refractivity (Wildman–Crippen MR) is 106 cm³/mol. The van der Waals surface area contributed by atoms with Crippen molar-refractivity contribution in [1.82, 2.24) is 20.7 Å². The molecule has 2 aliphatic heterocycles. The van der Waals surface area contributed by atoms with E-state index in [1.807, 2.05) is 24.0 Å². The summed E-state index contributed by atoms with van der Waals surface area (Å²) >= 11 is 0. The zero-order chi connectivity index (χ0) is 19.5. The lowest BCUT2D eigenvalue weighted by molar-refractivity contribution is 0.0669. The molecule has 148 valence electrons. The molecule has 2 fully saturated rings. The molecular formula is C22H27FN4O. The maximum atomic E-state index is 13.7. The molecule has 0 saturated carbocycles. The van der Waals surface area contributed by atoms with Gasteiger partial charge in [0.25, 0.3) is 5.91 Å². The molecular weight excluding hydrogens is 355 g/mol. The van der Waals surface area contributed by atoms with Crippen LogP contribution in [-0.4, -0.2) is 41.5 Å². The molecule has 2 aromatic rings. The van der Waals surface area contributed by atoms with Gasteiger partial charge < -0.3 is 4.90 Å². The standard InChI is InChI=1S/C22H27FN4O/c1-2-19-13-17(6-9-24-19)22(28)27-10-7-15(8-11-27)21-20(14-25-26-21)16-4-3-5-18(23)12-16/h3-6,9,12-13,15,20-21,25-26H,2,7-8,10-11,14H2,1H3. The fourth-order valence-electron chi connectivity index (χ4n) is 4.47. The number of aryl methyl sites for hydroxylation is 1. The molecule has 1 amide bonds. The molecule has 2 unspecified atom stereocenters. The van der Waals surface area contributed by atoms with Gasteiger partial charge in [0.1, 0.15) is 5.82 Å². The number of nitrogens with one attached hydrogen (secondary N) is 2. The smallest absolute Gasteiger partial charge is 0.253 e. The van der Waals surface area contributed by atoms with E-state index in [0.717, 1.165) is 55.7 Å². The zero-order valence-electron chi connectivity index (χ0n) is 16.2. The summed E-state index contributed by atoms with van der Waals surface area (Å²) in [5, 5.41) is 0. The fraction of sp³-hybridized carbons (Fsp3) is 0.455. The zero-order valence-corrected chi connectivity index (χ0v) is 16.2. The number of pyridine rings is 1. The normalized spacial score (nSPS) is 23.1. The second kappa shape index (κ2) is 8.37. The third kappa shape index (κ3) is 3.93. The first-order valence-corrected chi connectivity index (χ1v) is 10.1. The van der Waals surface area contributed by atoms with Gasteiger partial charge in [0.15, 0.2) is 0 Å². The summed E-state index contributed by atoms with van der Waals surface area (Å²) in [7, 11) is 0. The second-order valence-corrected chi connectivity index (χ2v) is 7.73. The molecule has 2 aliphatic rings. The summed E-state index contributed by atoms with van der Waals surface area (Å²) < 4.78 is 13.7. The minimum atomic E-state index is -0.188. The van der Waals surface area contributed by atoms with Gasteiger partial charge in [-0.25, -0.2) is 4.39 Å². The summed E-state index contributed by atoms with van der Waals surface area (Å²) in [6.45, 7) is 4.34. The Morgan fingerprint density at radius 1 is 1.25 bits per heavy atom. The molecule has 3 heterocycles. The molecule has 2 N–H and O–H groups in total. The monoisotopic (exact) mass is 382 g/mol. The second-order valence-electron chi connectivity index (χ2n) is 7.73. The topological polar surface area (TPSA) is 57.3 Å². The van der Waals surface area contributed by atoms with Crippen molar-refractivity contribution < 1.29 is 9.18 Å². The summed E-state index contributed by atoms with van der Waals surface area (Å²) in [4.78, 5) is 19.1. The van der Waals surface area contributed by atoms with Crippen LogP contribution >= 0.6 is 0 Å². The predicted octanol–water partition coefficient (Wildman–Crippen LogP) is 2.90. The van der Waals surface area contributed by atoms with Gasteiger partial charge in [-0.05, 0) is 55.0 Å². The first-order valence-electron chi connectivity index (χ1n) is 10.1. The minimum Gasteiger partial charge on any atom is -0.339 e. The molecule has 4 rings (SSSR count). The van der Waals surface area contributed by atoms with Gasteiger partial charge in [0, 0.05) is 49.0 Å². The molecule has 5 nitrogen and oxygen atoms in total. The van der Waals surface area contributed by atoms with E-state index >= 15 is 0 Å². The number of nitrogens with zero attached hydrogens (tertiary/aromatic N) is 2. The number of hydrogen-bond donors (Lipinski definition) is 2. The minimum absolute atomic E-state index is 0.0923. The first kappa shape index (κ1) is 19.0. The number of hydrogen-bond acceptors (Lipinski definition) is 4. The quantitative estimate of drug-likeness (QED) is 0.854. The highest BCUT2D eigenvalue weighted by Gasteiger charge is 2.37. The summed E-state index contributed by atoms with van der Waals surface area (Å²) in [5.41, 5.74) is 9.35. The maximum absolute atomic E-state index is 13.7. The number of amides is 1. The van der Waals surface area contributed by atoms with Crippen molar-refractivity contribution >= 4 is 5.91 Å². The molecule has 0 radical (unpaired) electrons. The largest absolute Gasteiger partial charge is 0.339 e. The summed E-state index contributed by atoms with van der Waals surface area (Å²) in [6, 6.07) is 10.9. The highest BCUT2D eigenvalue weighted by molar-refractivity contribution is 5.94. The molecule has 1 aromatic heterocycles. The Morgan fingerprint density at radius 3 is 2.82 bits per heavy atom. The maximum Gasteiger partial charge on any atom is 0.253 e. The van der Waals surface area contributed by atoms with E-state index in [9.17, 15) is 9.18 Å². The van der Waals surface area contributed by atoms with Crippen LogP contribution in [0, 0.1) is 11.7 Å². The molecule has 2 saturated heterocycles. The molecule has 0 spiro atoms. The van der Waals surface area contributed by atoms with Crippen molar-refractivity contribution in [2.45, 2.75) is 38.1 Å². The van der Waals surface area contributed by atoms with E-state index < -0.39 is 0 Å². The number of halogens is 1. The van der Waals surface area contributed by atoms with Gasteiger partial charge in [0.2, 0.25) is 0 Å². The average molecular weight is 382 g/mol. The van der Waals surface area contributed by atoms with Gasteiger partial charge in [-0.2, -0.15) is 0 Å². The van der Waals surface area contributed by atoms with E-state index in [0.29, 0.717) is 5.92 Å². The average Bonchev–Trinajstić information content (AvgIpc) is 3.23. The van der Waals surface area contributed by atoms with Gasteiger partial charge in [-0.3, -0.25) is 20.6 Å². The summed E-state index contributed by atoms with van der Waals surface area (Å²) in [5.74, 6) is 0.605. The van der Waals surface area contributed by atoms with Gasteiger partial charge >= 0.3 is 0 Å². The number of piperidine rings is 1. The highest BCUT2D eigenvalue weighted by Crippen LogP contribution is 2.32. The van der Waals surface area contributed by atoms with E-state index in [4.69, 9.17) is 0 Å². The van der Waals surface area contributed by atoms with Crippen molar-refractivity contribution in [2.75, 3.05) is 19.6 Å². The number of likely N-dealkylation sites (tertiary alicyclic amines) is 1. The molecule has 2 atom stereocenters. The van der Waals surface area contributed by atoms with Crippen LogP contribution in [0.1, 0.15) is 47.3 Å². The molecule has 28 heavy (non-hydrogen) atoms. The van der Waals surface area contributed by atoms with Crippen molar-refractivity contribution in [2.24, 2.45) is 5.92 Å². The summed E-state index contributed by atoms with van der Waals surface area (Å²) in [6.07, 6.45) is 4.44. The van der Waals surface area contributed by atoms with Crippen molar-refractivity contribution in [3.8, 4) is 0 Å². The SMILES string of the molecule is CCc1cc(C(=O)N2CCC(C3NNCC3c3cccc(F)c3)CC2)ccn1. The Balaban J connectivity index is 1.40. The molecule has 0 aliphatic carbocycles. The number of carbonyl (C=O) groups excluding carboxylic acids is 1. The van der Waals surface area contributed by atoms with Gasteiger partial charge in [-0.1, -0.05) is 19.1 Å². The van der Waals surface area contributed by atoms with Crippen LogP contribution in [0.15, 0.2) is 42.6 Å². The fourth-order valence-corrected chi connectivity index (χ4v) is 4.47. The van der Waals surface area contributed by atoms with Crippen LogP contribution in [-0.2, 0) is 6.42 Å². The number of rotatable bonds is 4.